The van der Waals surface area contributed by atoms with Gasteiger partial charge in [0.15, 0.2) is 5.13 Å². The molecule has 6 rings (SSSR count). The third-order valence-corrected chi connectivity index (χ3v) is 16.7. The van der Waals surface area contributed by atoms with Crippen LogP contribution in [0, 0.1) is 39.9 Å². The van der Waals surface area contributed by atoms with Gasteiger partial charge < -0.3 is 30.3 Å². The van der Waals surface area contributed by atoms with Crippen LogP contribution in [0.2, 0.25) is 0 Å². The number of rotatable bonds is 11. The van der Waals surface area contributed by atoms with E-state index in [4.69, 9.17) is 14.5 Å². The van der Waals surface area contributed by atoms with Gasteiger partial charge in [0, 0.05) is 23.3 Å². The SMILES string of the molecule is CC(C)(C)OC(=O)NCCCCCCCC(=O)Nc1nc2c(s1)C[C@]1(C)[C@H]3C[C@@H](O)[C@@H]4C([C@]5(C)CC[C@H](C(C)(C)O)O5)CC[C@@]4(C)[C@]3(C)CC[C@H]1C2(C)C. The topological polar surface area (TPSA) is 130 Å². The summed E-state index contributed by atoms with van der Waals surface area (Å²) in [6, 6.07) is 0. The Morgan fingerprint density at radius 2 is 1.57 bits per heavy atom. The standard InChI is InChI=1S/C44H73N3O6S/c1-38(2,3)53-37(50)45-24-16-14-12-13-15-17-33(49)46-36-47-35-29(54-36)26-41(8)30(39(35,4)5)19-22-42(9)31(41)25-28(48)34-27(18-21-43(34,42)10)44(11)23-20-32(52-44)40(6,7)51/h27-28,30-32,34,48,51H,12-26H2,1-11H3,(H,45,50)(H,46,47,49)/t27?,28-,30+,31-,32-,34+,41+,42-,43-,44+/m1/s1. The second-order valence-corrected chi connectivity index (χ2v) is 22.3. The Kier molecular flexibility index (Phi) is 11.3. The number of alkyl carbamates (subject to hydrolysis) is 1. The molecule has 0 spiro atoms. The van der Waals surface area contributed by atoms with E-state index in [2.05, 4.69) is 52.2 Å². The lowest BCUT2D eigenvalue weighted by atomic mass is 9.35. The first kappa shape index (κ1) is 41.9. The highest BCUT2D eigenvalue weighted by Gasteiger charge is 2.72. The monoisotopic (exact) mass is 772 g/mol. The highest BCUT2D eigenvalue weighted by molar-refractivity contribution is 7.15. The fourth-order valence-electron chi connectivity index (χ4n) is 13.0. The van der Waals surface area contributed by atoms with Crippen molar-refractivity contribution in [1.29, 1.82) is 0 Å². The number of unbranched alkanes of at least 4 members (excludes halogenated alkanes) is 4. The summed E-state index contributed by atoms with van der Waals surface area (Å²) in [5.41, 5.74) is -0.574. The number of ether oxygens (including phenoxy) is 2. The minimum absolute atomic E-state index is 0.00139. The molecule has 0 aromatic carbocycles. The van der Waals surface area contributed by atoms with Crippen LogP contribution in [0.1, 0.15) is 170 Å². The summed E-state index contributed by atoms with van der Waals surface area (Å²) in [7, 11) is 0. The summed E-state index contributed by atoms with van der Waals surface area (Å²) >= 11 is 1.67. The molecule has 9 nitrogen and oxygen atoms in total. The highest BCUT2D eigenvalue weighted by atomic mass is 32.1. The van der Waals surface area contributed by atoms with Gasteiger partial charge in [-0.25, -0.2) is 9.78 Å². The largest absolute Gasteiger partial charge is 0.444 e. The smallest absolute Gasteiger partial charge is 0.407 e. The molecule has 10 heteroatoms. The highest BCUT2D eigenvalue weighted by Crippen LogP contribution is 2.76. The number of thiazole rings is 1. The minimum Gasteiger partial charge on any atom is -0.444 e. The van der Waals surface area contributed by atoms with E-state index in [1.165, 1.54) is 4.88 Å². The molecule has 4 aliphatic carbocycles. The molecule has 4 fully saturated rings. The molecular weight excluding hydrogens is 699 g/mol. The van der Waals surface area contributed by atoms with Gasteiger partial charge in [-0.15, -0.1) is 11.3 Å². The first-order chi connectivity index (χ1) is 24.9. The van der Waals surface area contributed by atoms with Crippen molar-refractivity contribution >= 4 is 28.5 Å². The molecule has 1 unspecified atom stereocenters. The summed E-state index contributed by atoms with van der Waals surface area (Å²) < 4.78 is 12.0. The van der Waals surface area contributed by atoms with Gasteiger partial charge in [0.05, 0.1) is 29.1 Å². The fraction of sp³-hybridized carbons (Fsp3) is 0.886. The Hall–Kier alpha value is -1.75. The number of anilines is 1. The van der Waals surface area contributed by atoms with Gasteiger partial charge in [0.25, 0.3) is 0 Å². The van der Waals surface area contributed by atoms with Gasteiger partial charge in [-0.2, -0.15) is 0 Å². The first-order valence-corrected chi connectivity index (χ1v) is 22.1. The number of amides is 2. The number of fused-ring (bicyclic) bond motifs is 6. The average Bonchev–Trinajstić information content (AvgIpc) is 3.75. The van der Waals surface area contributed by atoms with Crippen LogP contribution in [0.15, 0.2) is 0 Å². The molecule has 0 bridgehead atoms. The fourth-order valence-corrected chi connectivity index (χ4v) is 14.4. The molecule has 3 saturated carbocycles. The van der Waals surface area contributed by atoms with Crippen LogP contribution in [0.4, 0.5) is 9.93 Å². The van der Waals surface area contributed by atoms with Gasteiger partial charge in [0.2, 0.25) is 5.91 Å². The number of aliphatic hydroxyl groups excluding tert-OH is 1. The molecule has 4 N–H and O–H groups in total. The molecule has 2 heterocycles. The maximum atomic E-state index is 13.1. The third kappa shape index (κ3) is 7.53. The van der Waals surface area contributed by atoms with Crippen LogP contribution in [0.5, 0.6) is 0 Å². The van der Waals surface area contributed by atoms with E-state index < -0.39 is 11.2 Å². The molecule has 1 aromatic rings. The van der Waals surface area contributed by atoms with Crippen LogP contribution in [-0.4, -0.2) is 62.8 Å². The molecule has 1 aromatic heterocycles. The number of carbonyl (C=O) groups is 2. The van der Waals surface area contributed by atoms with Crippen LogP contribution >= 0.6 is 11.3 Å². The molecule has 1 aliphatic heterocycles. The maximum absolute atomic E-state index is 13.1. The summed E-state index contributed by atoms with van der Waals surface area (Å²) in [4.78, 5) is 31.3. The number of nitrogens with one attached hydrogen (secondary N) is 2. The molecule has 54 heavy (non-hydrogen) atoms. The van der Waals surface area contributed by atoms with Crippen molar-refractivity contribution in [2.24, 2.45) is 39.9 Å². The second-order valence-electron chi connectivity index (χ2n) is 21.3. The van der Waals surface area contributed by atoms with E-state index in [9.17, 15) is 19.8 Å². The Morgan fingerprint density at radius 3 is 2.24 bits per heavy atom. The zero-order chi connectivity index (χ0) is 39.7. The van der Waals surface area contributed by atoms with Gasteiger partial charge in [-0.1, -0.05) is 53.9 Å². The van der Waals surface area contributed by atoms with Gasteiger partial charge >= 0.3 is 6.09 Å². The average molecular weight is 772 g/mol. The zero-order valence-electron chi connectivity index (χ0n) is 35.5. The normalized spacial score (nSPS) is 38.5. The summed E-state index contributed by atoms with van der Waals surface area (Å²) in [5.74, 6) is 1.31. The van der Waals surface area contributed by atoms with Crippen molar-refractivity contribution in [2.45, 2.75) is 200 Å². The Balaban J connectivity index is 1.08. The first-order valence-electron chi connectivity index (χ1n) is 21.3. The Morgan fingerprint density at radius 1 is 0.907 bits per heavy atom. The van der Waals surface area contributed by atoms with E-state index in [-0.39, 0.29) is 63.3 Å². The molecule has 306 valence electrons. The lowest BCUT2D eigenvalue weighted by Gasteiger charge is -2.69. The predicted molar refractivity (Wildman–Crippen MR) is 216 cm³/mol. The van der Waals surface area contributed by atoms with E-state index >= 15 is 0 Å². The lowest BCUT2D eigenvalue weighted by Crippen LogP contribution is -2.66. The summed E-state index contributed by atoms with van der Waals surface area (Å²) in [6.07, 6.45) is 12.3. The number of hydrogen-bond donors (Lipinski definition) is 4. The quantitative estimate of drug-likeness (QED) is 0.165. The van der Waals surface area contributed by atoms with Crippen LogP contribution in [0.3, 0.4) is 0 Å². The molecule has 5 aliphatic rings. The van der Waals surface area contributed by atoms with Crippen LogP contribution in [-0.2, 0) is 26.1 Å². The van der Waals surface area contributed by atoms with E-state index in [1.807, 2.05) is 34.6 Å². The van der Waals surface area contributed by atoms with E-state index in [0.717, 1.165) is 94.3 Å². The van der Waals surface area contributed by atoms with Crippen molar-refractivity contribution in [2.75, 3.05) is 11.9 Å². The van der Waals surface area contributed by atoms with E-state index in [0.29, 0.717) is 24.8 Å². The van der Waals surface area contributed by atoms with Crippen molar-refractivity contribution in [1.82, 2.24) is 10.3 Å². The number of aliphatic hydroxyl groups is 2. The molecular formula is C44H73N3O6S. The van der Waals surface area contributed by atoms with Gasteiger partial charge in [-0.3, -0.25) is 4.79 Å². The molecule has 10 atom stereocenters. The Labute approximate surface area is 329 Å². The predicted octanol–water partition coefficient (Wildman–Crippen LogP) is 9.33. The molecule has 1 saturated heterocycles. The van der Waals surface area contributed by atoms with Crippen molar-refractivity contribution in [3.05, 3.63) is 10.6 Å². The third-order valence-electron chi connectivity index (χ3n) is 15.8. The summed E-state index contributed by atoms with van der Waals surface area (Å²) in [5, 5.41) is 29.8. The van der Waals surface area contributed by atoms with Crippen LogP contribution in [0.25, 0.3) is 0 Å². The number of nitrogens with zero attached hydrogens (tertiary/aromatic N) is 1. The lowest BCUT2D eigenvalue weighted by molar-refractivity contribution is -0.227. The summed E-state index contributed by atoms with van der Waals surface area (Å²) in [6.45, 7) is 24.5. The number of hydrogen-bond acceptors (Lipinski definition) is 8. The minimum atomic E-state index is -0.869. The van der Waals surface area contributed by atoms with E-state index in [1.54, 1.807) is 11.3 Å². The Bertz CT molecular complexity index is 1550. The maximum Gasteiger partial charge on any atom is 0.407 e. The van der Waals surface area contributed by atoms with Crippen molar-refractivity contribution in [3.63, 3.8) is 0 Å². The zero-order valence-corrected chi connectivity index (χ0v) is 36.3. The van der Waals surface area contributed by atoms with Gasteiger partial charge in [0.1, 0.15) is 5.60 Å². The molecule has 0 radical (unpaired) electrons. The van der Waals surface area contributed by atoms with Crippen LogP contribution < -0.4 is 10.6 Å². The number of aromatic nitrogens is 1. The second kappa shape index (κ2) is 14.6. The van der Waals surface area contributed by atoms with Crippen molar-refractivity contribution < 1.29 is 29.3 Å². The molecule has 2 amide bonds. The number of carbonyl (C=O) groups excluding carboxylic acids is 2. The van der Waals surface area contributed by atoms with Gasteiger partial charge in [-0.05, 0) is 146 Å². The van der Waals surface area contributed by atoms with Crippen molar-refractivity contribution in [3.8, 4) is 0 Å².